The van der Waals surface area contributed by atoms with Crippen molar-refractivity contribution in [3.63, 3.8) is 0 Å². The van der Waals surface area contributed by atoms with Gasteiger partial charge in [-0.2, -0.15) is 0 Å². The summed E-state index contributed by atoms with van der Waals surface area (Å²) >= 11 is 6.51. The Morgan fingerprint density at radius 3 is 2.79 bits per heavy atom. The summed E-state index contributed by atoms with van der Waals surface area (Å²) in [4.78, 5) is 4.94. The van der Waals surface area contributed by atoms with Crippen LogP contribution in [0.4, 0.5) is 0 Å². The van der Waals surface area contributed by atoms with Gasteiger partial charge >= 0.3 is 0 Å². The fourth-order valence-electron chi connectivity index (χ4n) is 3.65. The minimum atomic E-state index is -0.362. The van der Waals surface area contributed by atoms with Crippen LogP contribution in [0.1, 0.15) is 11.3 Å². The molecule has 1 saturated heterocycles. The smallest absolute Gasteiger partial charge is 0.154 e. The van der Waals surface area contributed by atoms with Crippen molar-refractivity contribution in [2.24, 2.45) is 10.9 Å². The highest BCUT2D eigenvalue weighted by Crippen LogP contribution is 2.37. The lowest BCUT2D eigenvalue weighted by Crippen LogP contribution is -2.45. The van der Waals surface area contributed by atoms with Crippen LogP contribution in [0.5, 0.6) is 0 Å². The summed E-state index contributed by atoms with van der Waals surface area (Å²) < 4.78 is 6.21. The lowest BCUT2D eigenvalue weighted by molar-refractivity contribution is 0.467. The number of rotatable bonds is 2. The number of furan rings is 1. The Morgan fingerprint density at radius 2 is 1.93 bits per heavy atom. The molecule has 7 heteroatoms. The van der Waals surface area contributed by atoms with Crippen LogP contribution in [0, 0.1) is 11.3 Å². The van der Waals surface area contributed by atoms with Crippen molar-refractivity contribution >= 4 is 55.4 Å². The molecule has 0 spiro atoms. The number of hydrogen-bond acceptors (Lipinski definition) is 6. The molecule has 2 unspecified atom stereocenters. The Bertz CT molecular complexity index is 1140. The summed E-state index contributed by atoms with van der Waals surface area (Å²) in [6, 6.07) is 18.3. The molecule has 3 heterocycles. The molecule has 0 aliphatic carbocycles. The fraction of sp³-hybridized carbons (Fsp3) is 0.0952. The average Bonchev–Trinajstić information content (AvgIpc) is 3.21. The maximum Gasteiger partial charge on any atom is 0.154 e. The number of hydrazine groups is 1. The van der Waals surface area contributed by atoms with Gasteiger partial charge in [-0.05, 0) is 40.7 Å². The van der Waals surface area contributed by atoms with Gasteiger partial charge in [0, 0.05) is 11.1 Å². The lowest BCUT2D eigenvalue weighted by Gasteiger charge is -2.28. The maximum atomic E-state index is 8.56. The van der Waals surface area contributed by atoms with Crippen molar-refractivity contribution in [2.45, 2.75) is 6.17 Å². The summed E-state index contributed by atoms with van der Waals surface area (Å²) in [5.41, 5.74) is 8.99. The Morgan fingerprint density at radius 1 is 1.07 bits per heavy atom. The second kappa shape index (κ2) is 7.01. The van der Waals surface area contributed by atoms with E-state index in [-0.39, 0.29) is 12.1 Å². The predicted octanol–water partition coefficient (Wildman–Crippen LogP) is 4.36. The molecule has 5 nitrogen and oxygen atoms in total. The highest BCUT2D eigenvalue weighted by Gasteiger charge is 2.37. The molecule has 3 aromatic rings. The van der Waals surface area contributed by atoms with Crippen molar-refractivity contribution in [3.05, 3.63) is 78.3 Å². The highest BCUT2D eigenvalue weighted by atomic mass is 32.2. The first-order valence-corrected chi connectivity index (χ1v) is 10.1. The van der Waals surface area contributed by atoms with Crippen LogP contribution in [0.2, 0.25) is 0 Å². The number of fused-ring (bicyclic) bond motifs is 2. The zero-order valence-electron chi connectivity index (χ0n) is 14.7. The first-order valence-electron chi connectivity index (χ1n) is 8.84. The van der Waals surface area contributed by atoms with Crippen LogP contribution in [0.3, 0.4) is 0 Å². The molecule has 1 fully saturated rings. The Hall–Kier alpha value is -2.74. The molecule has 138 valence electrons. The van der Waals surface area contributed by atoms with E-state index in [1.807, 2.05) is 36.4 Å². The molecule has 5 rings (SSSR count). The number of hydrogen-bond donors (Lipinski definition) is 3. The number of thioether (sulfide) groups is 1. The normalized spacial score (nSPS) is 22.1. The Balaban J connectivity index is 1.70. The standard InChI is InChI=1S/C21H16N4OS2/c22-19-18-15(17-9-4-10-26-17)11-16(23-20(18)24-25-21(27)28-19)14-8-3-6-12-5-1-2-7-13(12)14/h1-11,18,20,22,24H,(H,25,27). The first kappa shape index (κ1) is 17.4. The summed E-state index contributed by atoms with van der Waals surface area (Å²) in [6.07, 6.45) is 3.32. The van der Waals surface area contributed by atoms with E-state index in [0.717, 1.165) is 33.4 Å². The summed E-state index contributed by atoms with van der Waals surface area (Å²) in [5, 5.41) is 11.3. The Kier molecular flexibility index (Phi) is 4.35. The molecule has 28 heavy (non-hydrogen) atoms. The number of thiocarbonyl (C=S) groups is 1. The van der Waals surface area contributed by atoms with Gasteiger partial charge in [0.1, 0.15) is 11.9 Å². The van der Waals surface area contributed by atoms with Gasteiger partial charge in [0.2, 0.25) is 0 Å². The second-order valence-corrected chi connectivity index (χ2v) is 8.28. The molecule has 0 saturated carbocycles. The van der Waals surface area contributed by atoms with E-state index in [1.165, 1.54) is 11.8 Å². The number of aliphatic imine (C=N–C) groups is 1. The van der Waals surface area contributed by atoms with Crippen LogP contribution in [-0.4, -0.2) is 21.2 Å². The molecule has 3 N–H and O–H groups in total. The minimum absolute atomic E-state index is 0.275. The van der Waals surface area contributed by atoms with Gasteiger partial charge in [0.05, 0.1) is 22.9 Å². The van der Waals surface area contributed by atoms with Gasteiger partial charge in [-0.3, -0.25) is 10.4 Å². The van der Waals surface area contributed by atoms with E-state index in [4.69, 9.17) is 27.0 Å². The average molecular weight is 405 g/mol. The summed E-state index contributed by atoms with van der Waals surface area (Å²) in [5.74, 6) is 0.463. The van der Waals surface area contributed by atoms with Gasteiger partial charge < -0.3 is 9.84 Å². The van der Waals surface area contributed by atoms with Gasteiger partial charge in [0.25, 0.3) is 0 Å². The third-order valence-corrected chi connectivity index (χ3v) is 6.01. The maximum absolute atomic E-state index is 8.56. The minimum Gasteiger partial charge on any atom is -0.465 e. The van der Waals surface area contributed by atoms with Crippen LogP contribution in [-0.2, 0) is 0 Å². The number of nitrogens with zero attached hydrogens (tertiary/aromatic N) is 1. The molecule has 1 aromatic heterocycles. The second-order valence-electron chi connectivity index (χ2n) is 6.56. The third-order valence-electron chi connectivity index (χ3n) is 4.90. The van der Waals surface area contributed by atoms with Gasteiger partial charge in [-0.15, -0.1) is 0 Å². The Labute approximate surface area is 171 Å². The quantitative estimate of drug-likeness (QED) is 0.553. The monoisotopic (exact) mass is 404 g/mol. The summed E-state index contributed by atoms with van der Waals surface area (Å²) in [6.45, 7) is 0. The van der Waals surface area contributed by atoms with E-state index < -0.39 is 0 Å². The molecule has 0 amide bonds. The molecular weight excluding hydrogens is 388 g/mol. The highest BCUT2D eigenvalue weighted by molar-refractivity contribution is 8.33. The largest absolute Gasteiger partial charge is 0.465 e. The molecular formula is C21H16N4OS2. The van der Waals surface area contributed by atoms with Crippen LogP contribution in [0.25, 0.3) is 16.3 Å². The van der Waals surface area contributed by atoms with E-state index in [9.17, 15) is 0 Å². The zero-order valence-corrected chi connectivity index (χ0v) is 16.3. The summed E-state index contributed by atoms with van der Waals surface area (Å²) in [7, 11) is 0. The van der Waals surface area contributed by atoms with Crippen molar-refractivity contribution < 1.29 is 4.42 Å². The molecule has 2 aliphatic heterocycles. The molecule has 2 aliphatic rings. The first-order chi connectivity index (χ1) is 13.7. The van der Waals surface area contributed by atoms with Gasteiger partial charge in [-0.1, -0.05) is 54.7 Å². The lowest BCUT2D eigenvalue weighted by atomic mass is 9.88. The number of allylic oxidation sites excluding steroid dienone is 1. The van der Waals surface area contributed by atoms with E-state index in [1.54, 1.807) is 6.26 Å². The van der Waals surface area contributed by atoms with E-state index in [0.29, 0.717) is 9.36 Å². The molecule has 0 radical (unpaired) electrons. The number of dihydropyridines is 1. The van der Waals surface area contributed by atoms with Crippen LogP contribution >= 0.6 is 24.0 Å². The van der Waals surface area contributed by atoms with Gasteiger partial charge in [0.15, 0.2) is 4.32 Å². The van der Waals surface area contributed by atoms with Crippen molar-refractivity contribution in [2.75, 3.05) is 0 Å². The van der Waals surface area contributed by atoms with Crippen LogP contribution in [0.15, 0.2) is 76.3 Å². The van der Waals surface area contributed by atoms with Crippen LogP contribution < -0.4 is 10.9 Å². The van der Waals surface area contributed by atoms with Crippen molar-refractivity contribution in [1.82, 2.24) is 10.9 Å². The molecule has 0 bridgehead atoms. The molecule has 2 atom stereocenters. The topological polar surface area (TPSA) is 73.4 Å². The number of benzene rings is 2. The predicted molar refractivity (Wildman–Crippen MR) is 119 cm³/mol. The van der Waals surface area contributed by atoms with Gasteiger partial charge in [-0.25, -0.2) is 5.43 Å². The van der Waals surface area contributed by atoms with Crippen molar-refractivity contribution in [3.8, 4) is 0 Å². The molecule has 2 aromatic carbocycles. The van der Waals surface area contributed by atoms with E-state index >= 15 is 0 Å². The zero-order chi connectivity index (χ0) is 19.1. The SMILES string of the molecule is N=C1SC(=S)NNC2N=C(c3cccc4ccccc34)C=C(c3ccco3)C12. The fourth-order valence-corrected chi connectivity index (χ4v) is 4.67. The third kappa shape index (κ3) is 2.97. The number of nitrogens with one attached hydrogen (secondary N) is 3. The van der Waals surface area contributed by atoms with E-state index in [2.05, 4.69) is 35.1 Å². The van der Waals surface area contributed by atoms with Crippen molar-refractivity contribution in [1.29, 1.82) is 5.41 Å².